The molecule has 0 saturated carbocycles. The second-order valence-electron chi connectivity index (χ2n) is 13.5. The SMILES string of the molecule is CC(=O)N[C@@H](CS)C(=O)OCCOC(c1cccc(OC(=O)N2CCC(C(N)=O)CC2)c1)[C@@H](C=O)NC(=O)[C@H](CC(C)C)NC(=O)COc1ccccc1C. The third kappa shape index (κ3) is 14.5. The molecule has 55 heavy (non-hydrogen) atoms. The van der Waals surface area contributed by atoms with Crippen LogP contribution >= 0.6 is 12.6 Å². The molecule has 0 aromatic heterocycles. The van der Waals surface area contributed by atoms with Gasteiger partial charge in [0.25, 0.3) is 5.91 Å². The van der Waals surface area contributed by atoms with Crippen molar-refractivity contribution in [2.24, 2.45) is 17.6 Å². The van der Waals surface area contributed by atoms with Gasteiger partial charge in [0, 0.05) is 31.7 Å². The van der Waals surface area contributed by atoms with Crippen LogP contribution < -0.4 is 31.2 Å². The van der Waals surface area contributed by atoms with Crippen LogP contribution in [0.25, 0.3) is 0 Å². The number of carbonyl (C=O) groups is 7. The molecule has 2 aromatic rings. The highest BCUT2D eigenvalue weighted by Gasteiger charge is 2.31. The van der Waals surface area contributed by atoms with Gasteiger partial charge in [0.1, 0.15) is 48.6 Å². The Morgan fingerprint density at radius 1 is 0.964 bits per heavy atom. The zero-order chi connectivity index (χ0) is 40.5. The average molecular weight is 786 g/mol. The van der Waals surface area contributed by atoms with Gasteiger partial charge >= 0.3 is 12.1 Å². The predicted molar refractivity (Wildman–Crippen MR) is 203 cm³/mol. The molecule has 0 bridgehead atoms. The smallest absolute Gasteiger partial charge is 0.415 e. The molecule has 4 atom stereocenters. The van der Waals surface area contributed by atoms with Gasteiger partial charge in [-0.25, -0.2) is 9.59 Å². The summed E-state index contributed by atoms with van der Waals surface area (Å²) in [6.45, 7) is 6.49. The number of piperidine rings is 1. The highest BCUT2D eigenvalue weighted by molar-refractivity contribution is 7.80. The Morgan fingerprint density at radius 2 is 1.67 bits per heavy atom. The number of para-hydroxylation sites is 1. The molecule has 300 valence electrons. The van der Waals surface area contributed by atoms with Gasteiger partial charge in [-0.2, -0.15) is 12.6 Å². The Balaban J connectivity index is 1.79. The number of nitrogens with one attached hydrogen (secondary N) is 3. The van der Waals surface area contributed by atoms with Crippen LogP contribution in [0.15, 0.2) is 48.5 Å². The molecule has 16 nitrogen and oxygen atoms in total. The number of primary amides is 1. The standard InChI is InChI=1S/C38H51N5O11S/c1-23(2)18-29(41-33(46)21-53-32-11-6-5-8-24(32)3)36(48)42-30(20-44)34(51-16-17-52-37(49)31(22-55)40-25(4)45)27-9-7-10-28(19-27)54-38(50)43-14-12-26(13-15-43)35(39)47/h5-11,19-20,23,26,29-31,34,55H,12-18,21-22H2,1-4H3,(H2,39,47)(H,40,45)(H,41,46)(H,42,48)/t29-,30+,31-,34?/m0/s1. The zero-order valence-electron chi connectivity index (χ0n) is 31.5. The van der Waals surface area contributed by atoms with Crippen molar-refractivity contribution in [3.63, 3.8) is 0 Å². The first-order valence-corrected chi connectivity index (χ1v) is 18.6. The topological polar surface area (TPSA) is 222 Å². The average Bonchev–Trinajstić information content (AvgIpc) is 3.15. The van der Waals surface area contributed by atoms with Crippen molar-refractivity contribution in [2.75, 3.05) is 38.7 Å². The summed E-state index contributed by atoms with van der Waals surface area (Å²) < 4.78 is 22.6. The van der Waals surface area contributed by atoms with Crippen LogP contribution in [-0.4, -0.2) is 104 Å². The van der Waals surface area contributed by atoms with Crippen LogP contribution in [0, 0.1) is 18.8 Å². The number of nitrogens with zero attached hydrogens (tertiary/aromatic N) is 1. The molecule has 1 saturated heterocycles. The number of rotatable bonds is 20. The molecule has 1 aliphatic rings. The molecule has 5 N–H and O–H groups in total. The summed E-state index contributed by atoms with van der Waals surface area (Å²) in [5.41, 5.74) is 6.57. The van der Waals surface area contributed by atoms with Crippen LogP contribution in [0.4, 0.5) is 4.79 Å². The highest BCUT2D eigenvalue weighted by Crippen LogP contribution is 2.26. The maximum Gasteiger partial charge on any atom is 0.415 e. The fourth-order valence-corrected chi connectivity index (χ4v) is 6.00. The first-order chi connectivity index (χ1) is 26.2. The van der Waals surface area contributed by atoms with Crippen molar-refractivity contribution in [1.82, 2.24) is 20.9 Å². The molecule has 1 heterocycles. The number of amides is 5. The number of aldehydes is 1. The van der Waals surface area contributed by atoms with Gasteiger partial charge in [0.15, 0.2) is 6.61 Å². The zero-order valence-corrected chi connectivity index (χ0v) is 32.4. The Bertz CT molecular complexity index is 1650. The lowest BCUT2D eigenvalue weighted by Crippen LogP contribution is -2.53. The predicted octanol–water partition coefficient (Wildman–Crippen LogP) is 2.02. The van der Waals surface area contributed by atoms with Gasteiger partial charge in [-0.3, -0.25) is 19.2 Å². The number of carbonyl (C=O) groups excluding carboxylic acids is 7. The number of benzene rings is 2. The molecule has 3 rings (SSSR count). The monoisotopic (exact) mass is 785 g/mol. The number of hydrogen-bond acceptors (Lipinski definition) is 12. The maximum atomic E-state index is 13.7. The molecule has 1 aliphatic heterocycles. The summed E-state index contributed by atoms with van der Waals surface area (Å²) in [5.74, 6) is -2.56. The van der Waals surface area contributed by atoms with Gasteiger partial charge in [-0.1, -0.05) is 44.2 Å². The van der Waals surface area contributed by atoms with Crippen molar-refractivity contribution in [1.29, 1.82) is 0 Å². The van der Waals surface area contributed by atoms with Gasteiger partial charge in [-0.05, 0) is 61.4 Å². The number of esters is 1. The van der Waals surface area contributed by atoms with E-state index in [2.05, 4.69) is 28.6 Å². The van der Waals surface area contributed by atoms with Crippen LogP contribution in [-0.2, 0) is 38.2 Å². The maximum absolute atomic E-state index is 13.7. The number of thiol groups is 1. The Kier molecular flexibility index (Phi) is 17.9. The van der Waals surface area contributed by atoms with E-state index in [0.29, 0.717) is 30.4 Å². The summed E-state index contributed by atoms with van der Waals surface area (Å²) in [7, 11) is 0. The molecule has 0 spiro atoms. The molecule has 1 fully saturated rings. The number of nitrogens with two attached hydrogens (primary N) is 1. The Labute approximate surface area is 325 Å². The lowest BCUT2D eigenvalue weighted by Gasteiger charge is -2.30. The van der Waals surface area contributed by atoms with Crippen molar-refractivity contribution >= 4 is 54.6 Å². The fourth-order valence-electron chi connectivity index (χ4n) is 5.76. The largest absolute Gasteiger partial charge is 0.484 e. The van der Waals surface area contributed by atoms with E-state index in [1.54, 1.807) is 24.3 Å². The van der Waals surface area contributed by atoms with E-state index in [1.807, 2.05) is 32.9 Å². The molecule has 2 aromatic carbocycles. The fraction of sp³-hybridized carbons (Fsp3) is 0.500. The van der Waals surface area contributed by atoms with E-state index in [4.69, 9.17) is 24.7 Å². The van der Waals surface area contributed by atoms with Gasteiger partial charge < -0.3 is 50.3 Å². The van der Waals surface area contributed by atoms with Crippen LogP contribution in [0.2, 0.25) is 0 Å². The molecular formula is C38H51N5O11S. The summed E-state index contributed by atoms with van der Waals surface area (Å²) in [4.78, 5) is 89.3. The second kappa shape index (κ2) is 22.3. The van der Waals surface area contributed by atoms with E-state index in [-0.39, 0.29) is 62.7 Å². The van der Waals surface area contributed by atoms with Gasteiger partial charge in [0.05, 0.1) is 6.61 Å². The van der Waals surface area contributed by atoms with Crippen molar-refractivity contribution < 1.29 is 52.5 Å². The van der Waals surface area contributed by atoms with Crippen molar-refractivity contribution in [2.45, 2.75) is 71.2 Å². The van der Waals surface area contributed by atoms with E-state index >= 15 is 0 Å². The molecule has 0 radical (unpaired) electrons. The molecule has 5 amide bonds. The Hall–Kier alpha value is -5.16. The molecule has 17 heteroatoms. The number of aryl methyl sites for hydroxylation is 1. The minimum Gasteiger partial charge on any atom is -0.484 e. The summed E-state index contributed by atoms with van der Waals surface area (Å²) in [6, 6.07) is 9.96. The van der Waals surface area contributed by atoms with Gasteiger partial charge in [-0.15, -0.1) is 0 Å². The van der Waals surface area contributed by atoms with E-state index in [0.717, 1.165) is 5.56 Å². The third-order valence-corrected chi connectivity index (χ3v) is 8.97. The number of hydrogen-bond donors (Lipinski definition) is 5. The quantitative estimate of drug-likeness (QED) is 0.0566. The molecule has 0 aliphatic carbocycles. The minimum atomic E-state index is -1.33. The van der Waals surface area contributed by atoms with Crippen molar-refractivity contribution in [3.05, 3.63) is 59.7 Å². The number of likely N-dealkylation sites (tertiary alicyclic amines) is 1. The normalized spacial score (nSPS) is 15.1. The minimum absolute atomic E-state index is 0.0120. The Morgan fingerprint density at radius 3 is 2.29 bits per heavy atom. The molecular weight excluding hydrogens is 735 g/mol. The second-order valence-corrected chi connectivity index (χ2v) is 13.8. The highest BCUT2D eigenvalue weighted by atomic mass is 32.1. The van der Waals surface area contributed by atoms with E-state index < -0.39 is 59.9 Å². The van der Waals surface area contributed by atoms with Gasteiger partial charge in [0.2, 0.25) is 17.7 Å². The lowest BCUT2D eigenvalue weighted by molar-refractivity contribution is -0.149. The van der Waals surface area contributed by atoms with Crippen LogP contribution in [0.3, 0.4) is 0 Å². The first kappa shape index (κ1) is 44.2. The summed E-state index contributed by atoms with van der Waals surface area (Å²) in [6.07, 6.45) is -0.328. The van der Waals surface area contributed by atoms with Crippen LogP contribution in [0.5, 0.6) is 11.5 Å². The van der Waals surface area contributed by atoms with E-state index in [9.17, 15) is 33.6 Å². The van der Waals surface area contributed by atoms with E-state index in [1.165, 1.54) is 24.0 Å². The number of ether oxygens (including phenoxy) is 4. The summed E-state index contributed by atoms with van der Waals surface area (Å²) in [5, 5.41) is 7.81. The molecule has 1 unspecified atom stereocenters. The first-order valence-electron chi connectivity index (χ1n) is 18.0. The lowest BCUT2D eigenvalue weighted by atomic mass is 9.97. The van der Waals surface area contributed by atoms with Crippen LogP contribution in [0.1, 0.15) is 57.3 Å². The summed E-state index contributed by atoms with van der Waals surface area (Å²) >= 11 is 4.08. The van der Waals surface area contributed by atoms with Crippen molar-refractivity contribution in [3.8, 4) is 11.5 Å². The third-order valence-electron chi connectivity index (χ3n) is 8.61.